The lowest BCUT2D eigenvalue weighted by Crippen LogP contribution is -2.38. The van der Waals surface area contributed by atoms with Gasteiger partial charge >= 0.3 is 0 Å². The van der Waals surface area contributed by atoms with Gasteiger partial charge in [-0.25, -0.2) is 14.4 Å². The number of nitrogens with one attached hydrogen (secondary N) is 2. The molecule has 2 aromatic rings. The first-order valence-corrected chi connectivity index (χ1v) is 9.47. The number of hydrogen-bond acceptors (Lipinski definition) is 4. The Labute approximate surface area is 166 Å². The fourth-order valence-electron chi connectivity index (χ4n) is 2.66. The highest BCUT2D eigenvalue weighted by Crippen LogP contribution is 2.15. The average Bonchev–Trinajstić information content (AvgIpc) is 2.69. The normalized spacial score (nSPS) is 11.4. The second kappa shape index (κ2) is 11.9. The van der Waals surface area contributed by atoms with Gasteiger partial charge in [-0.2, -0.15) is 0 Å². The van der Waals surface area contributed by atoms with Crippen molar-refractivity contribution in [1.82, 2.24) is 15.6 Å². The third-order valence-electron chi connectivity index (χ3n) is 4.12. The van der Waals surface area contributed by atoms with Gasteiger partial charge in [0.25, 0.3) is 0 Å². The van der Waals surface area contributed by atoms with Crippen LogP contribution >= 0.6 is 0 Å². The summed E-state index contributed by atoms with van der Waals surface area (Å²) < 4.78 is 23.9. The van der Waals surface area contributed by atoms with Crippen LogP contribution in [0.25, 0.3) is 0 Å². The number of methoxy groups -OCH3 is 1. The minimum atomic E-state index is -0.205. The predicted molar refractivity (Wildman–Crippen MR) is 109 cm³/mol. The summed E-state index contributed by atoms with van der Waals surface area (Å²) in [6.07, 6.45) is 2.48. The van der Waals surface area contributed by atoms with E-state index in [2.05, 4.69) is 20.6 Å². The molecule has 2 rings (SSSR count). The molecule has 0 saturated carbocycles. The number of pyridine rings is 1. The van der Waals surface area contributed by atoms with Crippen molar-refractivity contribution in [2.24, 2.45) is 4.99 Å². The van der Waals surface area contributed by atoms with Crippen LogP contribution in [0.3, 0.4) is 0 Å². The highest BCUT2D eigenvalue weighted by atomic mass is 19.1. The first-order chi connectivity index (χ1) is 13.6. The molecule has 0 aliphatic carbocycles. The lowest BCUT2D eigenvalue weighted by Gasteiger charge is -2.13. The van der Waals surface area contributed by atoms with E-state index in [1.807, 2.05) is 32.0 Å². The van der Waals surface area contributed by atoms with E-state index >= 15 is 0 Å². The molecule has 0 aliphatic heterocycles. The van der Waals surface area contributed by atoms with Crippen molar-refractivity contribution in [3.8, 4) is 5.88 Å². The van der Waals surface area contributed by atoms with E-state index in [1.54, 1.807) is 19.4 Å². The van der Waals surface area contributed by atoms with Gasteiger partial charge in [0.15, 0.2) is 5.96 Å². The first-order valence-electron chi connectivity index (χ1n) is 9.47. The lowest BCUT2D eigenvalue weighted by molar-refractivity contribution is 0.143. The third-order valence-corrected chi connectivity index (χ3v) is 4.12. The van der Waals surface area contributed by atoms with Crippen molar-refractivity contribution in [3.05, 3.63) is 59.0 Å². The Kier molecular flexibility index (Phi) is 9.21. The van der Waals surface area contributed by atoms with Crippen LogP contribution in [0, 0.1) is 12.7 Å². The predicted octanol–water partition coefficient (Wildman–Crippen LogP) is 2.85. The Morgan fingerprint density at radius 2 is 2.04 bits per heavy atom. The van der Waals surface area contributed by atoms with Gasteiger partial charge in [-0.05, 0) is 49.6 Å². The van der Waals surface area contributed by atoms with Crippen LogP contribution in [0.15, 0.2) is 41.5 Å². The molecule has 152 valence electrons. The van der Waals surface area contributed by atoms with Crippen molar-refractivity contribution < 1.29 is 13.9 Å². The lowest BCUT2D eigenvalue weighted by atomic mass is 10.1. The number of aliphatic imine (C=N–C) groups is 1. The van der Waals surface area contributed by atoms with E-state index in [0.29, 0.717) is 38.1 Å². The zero-order valence-electron chi connectivity index (χ0n) is 16.8. The van der Waals surface area contributed by atoms with E-state index in [-0.39, 0.29) is 5.82 Å². The van der Waals surface area contributed by atoms with Crippen molar-refractivity contribution in [3.63, 3.8) is 0 Å². The molecule has 6 nitrogen and oxygen atoms in total. The maximum absolute atomic E-state index is 13.2. The first kappa shape index (κ1) is 21.6. The van der Waals surface area contributed by atoms with E-state index in [0.717, 1.165) is 29.7 Å². The smallest absolute Gasteiger partial charge is 0.218 e. The Morgan fingerprint density at radius 3 is 2.79 bits per heavy atom. The van der Waals surface area contributed by atoms with E-state index in [4.69, 9.17) is 9.47 Å². The zero-order valence-corrected chi connectivity index (χ0v) is 16.8. The van der Waals surface area contributed by atoms with Crippen LogP contribution in [0.4, 0.5) is 4.39 Å². The molecule has 28 heavy (non-hydrogen) atoms. The van der Waals surface area contributed by atoms with Gasteiger partial charge < -0.3 is 20.1 Å². The quantitative estimate of drug-likeness (QED) is 0.372. The number of rotatable bonds is 10. The number of aromatic nitrogens is 1. The van der Waals surface area contributed by atoms with Gasteiger partial charge in [-0.1, -0.05) is 12.1 Å². The summed E-state index contributed by atoms with van der Waals surface area (Å²) in [6, 6.07) is 8.70. The molecule has 0 aliphatic rings. The number of halogens is 1. The summed E-state index contributed by atoms with van der Waals surface area (Å²) in [4.78, 5) is 8.90. The molecule has 0 atom stereocenters. The highest BCUT2D eigenvalue weighted by Gasteiger charge is 2.06. The summed E-state index contributed by atoms with van der Waals surface area (Å²) in [5, 5.41) is 6.55. The number of guanidine groups is 1. The molecule has 0 amide bonds. The van der Waals surface area contributed by atoms with Crippen molar-refractivity contribution in [2.75, 3.05) is 33.4 Å². The summed E-state index contributed by atoms with van der Waals surface area (Å²) in [5.74, 6) is 1.08. The molecule has 7 heteroatoms. The molecule has 0 fully saturated rings. The van der Waals surface area contributed by atoms with Gasteiger partial charge in [0.05, 0.1) is 13.2 Å². The molecule has 0 unspecified atom stereocenters. The topological polar surface area (TPSA) is 67.8 Å². The van der Waals surface area contributed by atoms with E-state index in [1.165, 1.54) is 6.07 Å². The summed E-state index contributed by atoms with van der Waals surface area (Å²) in [6.45, 7) is 6.79. The van der Waals surface area contributed by atoms with Gasteiger partial charge in [-0.15, -0.1) is 0 Å². The molecule has 0 saturated heterocycles. The molecule has 2 N–H and O–H groups in total. The zero-order chi connectivity index (χ0) is 20.2. The number of nitrogens with zero attached hydrogens (tertiary/aromatic N) is 2. The fourth-order valence-corrected chi connectivity index (χ4v) is 2.66. The number of hydrogen-bond donors (Lipinski definition) is 2. The van der Waals surface area contributed by atoms with Gasteiger partial charge in [-0.3, -0.25) is 0 Å². The molecule has 0 radical (unpaired) electrons. The van der Waals surface area contributed by atoms with Crippen molar-refractivity contribution in [1.29, 1.82) is 0 Å². The number of benzene rings is 1. The Bertz CT molecular complexity index is 768. The SMILES string of the molecule is CCNC(=NCc1cccnc1OCCOC)NCCc1ccc(F)cc1C. The van der Waals surface area contributed by atoms with E-state index < -0.39 is 0 Å². The van der Waals surface area contributed by atoms with Gasteiger partial charge in [0.2, 0.25) is 5.88 Å². The maximum atomic E-state index is 13.2. The van der Waals surface area contributed by atoms with Gasteiger partial charge in [0.1, 0.15) is 12.4 Å². The van der Waals surface area contributed by atoms with E-state index in [9.17, 15) is 4.39 Å². The Morgan fingerprint density at radius 1 is 1.18 bits per heavy atom. The van der Waals surface area contributed by atoms with Crippen molar-refractivity contribution >= 4 is 5.96 Å². The molecular weight excluding hydrogens is 359 g/mol. The summed E-state index contributed by atoms with van der Waals surface area (Å²) in [5.41, 5.74) is 2.98. The second-order valence-electron chi connectivity index (χ2n) is 6.25. The standard InChI is InChI=1S/C21H29FN4O2/c1-4-23-21(25-11-9-17-7-8-19(22)14-16(17)2)26-15-18-6-5-10-24-20(18)28-13-12-27-3/h5-8,10,14H,4,9,11-13,15H2,1-3H3,(H2,23,25,26). The highest BCUT2D eigenvalue weighted by molar-refractivity contribution is 5.79. The number of ether oxygens (including phenoxy) is 2. The van der Waals surface area contributed by atoms with Crippen LogP contribution in [-0.2, 0) is 17.7 Å². The molecule has 1 aromatic heterocycles. The van der Waals surface area contributed by atoms with Crippen LogP contribution in [0.1, 0.15) is 23.6 Å². The molecule has 1 heterocycles. The second-order valence-corrected chi connectivity index (χ2v) is 6.25. The fraction of sp³-hybridized carbons (Fsp3) is 0.429. The average molecular weight is 388 g/mol. The van der Waals surface area contributed by atoms with Crippen LogP contribution in [-0.4, -0.2) is 44.4 Å². The monoisotopic (exact) mass is 388 g/mol. The van der Waals surface area contributed by atoms with Crippen LogP contribution in [0.5, 0.6) is 5.88 Å². The maximum Gasteiger partial charge on any atom is 0.218 e. The molecule has 0 spiro atoms. The largest absolute Gasteiger partial charge is 0.475 e. The molecule has 0 bridgehead atoms. The van der Waals surface area contributed by atoms with Gasteiger partial charge in [0, 0.05) is 32.0 Å². The van der Waals surface area contributed by atoms with Crippen molar-refractivity contribution in [2.45, 2.75) is 26.8 Å². The number of aryl methyl sites for hydroxylation is 1. The summed E-state index contributed by atoms with van der Waals surface area (Å²) in [7, 11) is 1.63. The minimum absolute atomic E-state index is 0.205. The minimum Gasteiger partial charge on any atom is -0.475 e. The summed E-state index contributed by atoms with van der Waals surface area (Å²) >= 11 is 0. The Hall–Kier alpha value is -2.67. The van der Waals surface area contributed by atoms with Crippen LogP contribution < -0.4 is 15.4 Å². The molecular formula is C21H29FN4O2. The third kappa shape index (κ3) is 7.15. The Balaban J connectivity index is 1.94. The molecule has 1 aromatic carbocycles. The van der Waals surface area contributed by atoms with Crippen LogP contribution in [0.2, 0.25) is 0 Å².